The summed E-state index contributed by atoms with van der Waals surface area (Å²) in [6.45, 7) is 0. The molecule has 2 atom stereocenters. The topological polar surface area (TPSA) is 103 Å². The lowest BCUT2D eigenvalue weighted by Gasteiger charge is -2.35. The van der Waals surface area contributed by atoms with Crippen LogP contribution in [0.4, 0.5) is 10.5 Å². The fourth-order valence-corrected chi connectivity index (χ4v) is 2.50. The van der Waals surface area contributed by atoms with Crippen molar-refractivity contribution >= 4 is 17.7 Å². The lowest BCUT2D eigenvalue weighted by molar-refractivity contribution is 0.0494. The van der Waals surface area contributed by atoms with Crippen molar-refractivity contribution < 1.29 is 19.8 Å². The van der Waals surface area contributed by atoms with Crippen LogP contribution in [0.1, 0.15) is 36.2 Å². The molecule has 1 aromatic rings. The molecule has 3 N–H and O–H groups in total. The zero-order valence-corrected chi connectivity index (χ0v) is 11.8. The number of carbonyl (C=O) groups is 2. The molecule has 21 heavy (non-hydrogen) atoms. The number of nitrogens with zero attached hydrogens (tertiary/aromatic N) is 2. The number of rotatable bonds is 3. The first-order chi connectivity index (χ1) is 9.99. The summed E-state index contributed by atoms with van der Waals surface area (Å²) in [4.78, 5) is 28.1. The van der Waals surface area contributed by atoms with E-state index in [1.807, 2.05) is 0 Å². The number of urea groups is 1. The van der Waals surface area contributed by atoms with Crippen molar-refractivity contribution in [1.82, 2.24) is 9.88 Å². The molecule has 7 heteroatoms. The first-order valence-electron chi connectivity index (χ1n) is 6.90. The molecular weight excluding hydrogens is 274 g/mol. The molecule has 1 aliphatic rings. The number of carbonyl (C=O) groups excluding carboxylic acids is 1. The maximum Gasteiger partial charge on any atom is 0.354 e. The molecular formula is C14H19N3O4. The van der Waals surface area contributed by atoms with Gasteiger partial charge in [-0.15, -0.1) is 0 Å². The van der Waals surface area contributed by atoms with Crippen molar-refractivity contribution in [3.05, 3.63) is 24.0 Å². The molecule has 1 aliphatic carbocycles. The van der Waals surface area contributed by atoms with E-state index in [0.29, 0.717) is 12.1 Å². The maximum absolute atomic E-state index is 12.1. The summed E-state index contributed by atoms with van der Waals surface area (Å²) in [5, 5.41) is 21.4. The van der Waals surface area contributed by atoms with E-state index in [1.54, 1.807) is 7.05 Å². The van der Waals surface area contributed by atoms with Crippen LogP contribution in [0.25, 0.3) is 0 Å². The maximum atomic E-state index is 12.1. The van der Waals surface area contributed by atoms with E-state index >= 15 is 0 Å². The molecule has 114 valence electrons. The third-order valence-corrected chi connectivity index (χ3v) is 3.75. The highest BCUT2D eigenvalue weighted by Gasteiger charge is 2.29. The number of likely N-dealkylation sites (N-methyl/N-ethyl adjacent to an activating group) is 1. The van der Waals surface area contributed by atoms with Gasteiger partial charge in [0, 0.05) is 7.05 Å². The van der Waals surface area contributed by atoms with E-state index in [4.69, 9.17) is 5.11 Å². The molecule has 1 heterocycles. The van der Waals surface area contributed by atoms with E-state index in [2.05, 4.69) is 10.3 Å². The van der Waals surface area contributed by atoms with E-state index < -0.39 is 12.1 Å². The van der Waals surface area contributed by atoms with Crippen LogP contribution in [0.3, 0.4) is 0 Å². The molecule has 0 saturated heterocycles. The largest absolute Gasteiger partial charge is 0.477 e. The van der Waals surface area contributed by atoms with Crippen LogP contribution in [0.15, 0.2) is 18.3 Å². The van der Waals surface area contributed by atoms with Crippen molar-refractivity contribution in [2.75, 3.05) is 12.4 Å². The zero-order chi connectivity index (χ0) is 15.4. The van der Waals surface area contributed by atoms with Crippen molar-refractivity contribution in [1.29, 1.82) is 0 Å². The third-order valence-electron chi connectivity index (χ3n) is 3.75. The van der Waals surface area contributed by atoms with E-state index in [0.717, 1.165) is 19.3 Å². The Bertz CT molecular complexity index is 517. The van der Waals surface area contributed by atoms with Gasteiger partial charge < -0.3 is 20.4 Å². The van der Waals surface area contributed by atoms with Crippen LogP contribution in [0.2, 0.25) is 0 Å². The van der Waals surface area contributed by atoms with Crippen molar-refractivity contribution in [3.8, 4) is 0 Å². The van der Waals surface area contributed by atoms with Crippen LogP contribution < -0.4 is 5.32 Å². The number of aromatic nitrogens is 1. The van der Waals surface area contributed by atoms with Gasteiger partial charge in [0.05, 0.1) is 24.0 Å². The SMILES string of the molecule is CN(C(=O)Nc1ccc(C(=O)O)nc1)C1CCCCC1O. The van der Waals surface area contributed by atoms with Gasteiger partial charge in [0.1, 0.15) is 5.69 Å². The predicted molar refractivity (Wildman–Crippen MR) is 76.2 cm³/mol. The summed E-state index contributed by atoms with van der Waals surface area (Å²) in [5.41, 5.74) is 0.339. The van der Waals surface area contributed by atoms with Gasteiger partial charge in [-0.25, -0.2) is 14.6 Å². The molecule has 0 aliphatic heterocycles. The Morgan fingerprint density at radius 3 is 2.62 bits per heavy atom. The number of anilines is 1. The lowest BCUT2D eigenvalue weighted by atomic mass is 9.92. The Labute approximate surface area is 122 Å². The van der Waals surface area contributed by atoms with Crippen molar-refractivity contribution in [2.24, 2.45) is 0 Å². The number of hydrogen-bond acceptors (Lipinski definition) is 4. The number of aliphatic hydroxyl groups excluding tert-OH is 1. The average Bonchev–Trinajstić information content (AvgIpc) is 2.47. The minimum absolute atomic E-state index is 0.0796. The smallest absolute Gasteiger partial charge is 0.354 e. The van der Waals surface area contributed by atoms with Crippen LogP contribution in [0, 0.1) is 0 Å². The number of aromatic carboxylic acids is 1. The molecule has 0 radical (unpaired) electrons. The summed E-state index contributed by atoms with van der Waals surface area (Å²) >= 11 is 0. The van der Waals surface area contributed by atoms with Crippen LogP contribution in [0.5, 0.6) is 0 Å². The second kappa shape index (κ2) is 6.53. The number of pyridine rings is 1. The molecule has 1 aromatic heterocycles. The summed E-state index contributed by atoms with van der Waals surface area (Å²) in [7, 11) is 1.65. The highest BCUT2D eigenvalue weighted by molar-refractivity contribution is 5.90. The van der Waals surface area contributed by atoms with Gasteiger partial charge in [0.25, 0.3) is 0 Å². The first-order valence-corrected chi connectivity index (χ1v) is 6.90. The molecule has 1 saturated carbocycles. The number of carboxylic acid groups (broad SMARTS) is 1. The first kappa shape index (κ1) is 15.2. The van der Waals surface area contributed by atoms with Crippen LogP contribution >= 0.6 is 0 Å². The van der Waals surface area contributed by atoms with Gasteiger partial charge in [-0.3, -0.25) is 0 Å². The number of hydrogen-bond donors (Lipinski definition) is 3. The summed E-state index contributed by atoms with van der Waals surface area (Å²) in [6, 6.07) is 2.28. The second-order valence-corrected chi connectivity index (χ2v) is 5.20. The Morgan fingerprint density at radius 2 is 2.05 bits per heavy atom. The minimum atomic E-state index is -1.12. The third kappa shape index (κ3) is 3.69. The van der Waals surface area contributed by atoms with Gasteiger partial charge >= 0.3 is 12.0 Å². The van der Waals surface area contributed by atoms with Gasteiger partial charge in [0.2, 0.25) is 0 Å². The molecule has 0 bridgehead atoms. The highest BCUT2D eigenvalue weighted by Crippen LogP contribution is 2.23. The summed E-state index contributed by atoms with van der Waals surface area (Å²) in [5.74, 6) is -1.12. The Morgan fingerprint density at radius 1 is 1.33 bits per heavy atom. The number of nitrogens with one attached hydrogen (secondary N) is 1. The van der Waals surface area contributed by atoms with E-state index in [9.17, 15) is 14.7 Å². The van der Waals surface area contributed by atoms with Crippen molar-refractivity contribution in [3.63, 3.8) is 0 Å². The van der Waals surface area contributed by atoms with Gasteiger partial charge in [0.15, 0.2) is 0 Å². The standard InChI is InChI=1S/C14H19N3O4/c1-17(11-4-2-3-5-12(11)18)14(21)16-9-6-7-10(13(19)20)15-8-9/h6-8,11-12,18H,2-5H2,1H3,(H,16,21)(H,19,20). The molecule has 7 nitrogen and oxygen atoms in total. The molecule has 2 rings (SSSR count). The molecule has 0 spiro atoms. The second-order valence-electron chi connectivity index (χ2n) is 5.20. The summed E-state index contributed by atoms with van der Waals surface area (Å²) in [6.07, 6.45) is 4.26. The summed E-state index contributed by atoms with van der Waals surface area (Å²) < 4.78 is 0. The lowest BCUT2D eigenvalue weighted by Crippen LogP contribution is -2.47. The zero-order valence-electron chi connectivity index (χ0n) is 11.8. The molecule has 0 aromatic carbocycles. The highest BCUT2D eigenvalue weighted by atomic mass is 16.4. The molecule has 2 unspecified atom stereocenters. The Hall–Kier alpha value is -2.15. The minimum Gasteiger partial charge on any atom is -0.477 e. The number of carboxylic acids is 1. The number of aliphatic hydroxyl groups is 1. The predicted octanol–water partition coefficient (Wildman–Crippen LogP) is 1.55. The van der Waals surface area contributed by atoms with Crippen LogP contribution in [-0.2, 0) is 0 Å². The van der Waals surface area contributed by atoms with Gasteiger partial charge in [-0.1, -0.05) is 12.8 Å². The fourth-order valence-electron chi connectivity index (χ4n) is 2.50. The Kier molecular flexibility index (Phi) is 4.74. The number of amides is 2. The van der Waals surface area contributed by atoms with Crippen LogP contribution in [-0.4, -0.2) is 51.3 Å². The Balaban J connectivity index is 1.98. The van der Waals surface area contributed by atoms with Gasteiger partial charge in [-0.2, -0.15) is 0 Å². The fraction of sp³-hybridized carbons (Fsp3) is 0.500. The van der Waals surface area contributed by atoms with Gasteiger partial charge in [-0.05, 0) is 25.0 Å². The quantitative estimate of drug-likeness (QED) is 0.784. The molecule has 2 amide bonds. The normalized spacial score (nSPS) is 21.6. The van der Waals surface area contributed by atoms with E-state index in [1.165, 1.54) is 23.2 Å². The monoisotopic (exact) mass is 293 g/mol. The molecule has 1 fully saturated rings. The van der Waals surface area contributed by atoms with E-state index in [-0.39, 0.29) is 17.8 Å². The van der Waals surface area contributed by atoms with Crippen molar-refractivity contribution in [2.45, 2.75) is 37.8 Å². The average molecular weight is 293 g/mol.